The van der Waals surface area contributed by atoms with Crippen molar-refractivity contribution in [1.29, 1.82) is 0 Å². The number of rotatable bonds is 7. The molecule has 1 N–H and O–H groups in total. The smallest absolute Gasteiger partial charge is 0.255 e. The minimum Gasteiger partial charge on any atom is -0.322 e. The highest BCUT2D eigenvalue weighted by molar-refractivity contribution is 7.92. The zero-order valence-electron chi connectivity index (χ0n) is 16.4. The summed E-state index contributed by atoms with van der Waals surface area (Å²) in [6.07, 6.45) is 5.50. The molecule has 2 aromatic carbocycles. The highest BCUT2D eigenvalue weighted by Gasteiger charge is 2.15. The van der Waals surface area contributed by atoms with Gasteiger partial charge < -0.3 is 5.32 Å². The van der Waals surface area contributed by atoms with Gasteiger partial charge >= 0.3 is 0 Å². The molecule has 0 aliphatic rings. The van der Waals surface area contributed by atoms with Gasteiger partial charge in [0.2, 0.25) is 10.0 Å². The van der Waals surface area contributed by atoms with Crippen LogP contribution in [0.1, 0.15) is 28.4 Å². The average Bonchev–Trinajstić information content (AvgIpc) is 2.70. The van der Waals surface area contributed by atoms with E-state index in [2.05, 4.69) is 10.3 Å². The van der Waals surface area contributed by atoms with Crippen molar-refractivity contribution in [2.45, 2.75) is 13.3 Å². The Morgan fingerprint density at radius 2 is 1.52 bits per heavy atom. The Bertz CT molecular complexity index is 1060. The number of nitrogens with zero attached hydrogens (tertiary/aromatic N) is 2. The number of sulfonamides is 1. The fourth-order valence-corrected chi connectivity index (χ4v) is 4.01. The molecule has 0 bridgehead atoms. The van der Waals surface area contributed by atoms with Crippen LogP contribution >= 0.6 is 0 Å². The number of carbonyl (C=O) groups is 1. The number of nitrogens with one attached hydrogen (secondary N) is 1. The van der Waals surface area contributed by atoms with Gasteiger partial charge in [-0.2, -0.15) is 0 Å². The van der Waals surface area contributed by atoms with Gasteiger partial charge in [-0.3, -0.25) is 14.1 Å². The lowest BCUT2D eigenvalue weighted by atomic mass is 10.1. The monoisotopic (exact) mass is 409 g/mol. The molecule has 0 aliphatic carbocycles. The summed E-state index contributed by atoms with van der Waals surface area (Å²) in [5, 5.41) is 2.86. The first-order valence-corrected chi connectivity index (χ1v) is 11.1. The standard InChI is InChI=1S/C22H23N3O3S/c1-3-25(29(2,27)28)21-10-6-19(7-11-21)22(26)24-20-8-4-17(5-9-20)16-18-12-14-23-15-13-18/h4-15H,3,16H2,1-2H3,(H,24,26). The van der Waals surface area contributed by atoms with Gasteiger partial charge in [0.25, 0.3) is 5.91 Å². The number of amides is 1. The molecule has 0 saturated heterocycles. The summed E-state index contributed by atoms with van der Waals surface area (Å²) in [4.78, 5) is 16.5. The van der Waals surface area contributed by atoms with Crippen LogP contribution in [0.25, 0.3) is 0 Å². The molecular weight excluding hydrogens is 386 g/mol. The highest BCUT2D eigenvalue weighted by Crippen LogP contribution is 2.19. The van der Waals surface area contributed by atoms with Crippen molar-refractivity contribution in [1.82, 2.24) is 4.98 Å². The number of pyridine rings is 1. The van der Waals surface area contributed by atoms with Crippen molar-refractivity contribution < 1.29 is 13.2 Å². The van der Waals surface area contributed by atoms with Gasteiger partial charge in [0.05, 0.1) is 11.9 Å². The van der Waals surface area contributed by atoms with E-state index in [1.807, 2.05) is 36.4 Å². The molecule has 6 nitrogen and oxygen atoms in total. The first-order valence-electron chi connectivity index (χ1n) is 9.24. The Labute approximate surface area is 171 Å². The van der Waals surface area contributed by atoms with Crippen molar-refractivity contribution in [2.75, 3.05) is 22.4 Å². The van der Waals surface area contributed by atoms with Crippen molar-refractivity contribution in [3.63, 3.8) is 0 Å². The molecule has 1 aromatic heterocycles. The Morgan fingerprint density at radius 3 is 2.07 bits per heavy atom. The topological polar surface area (TPSA) is 79.4 Å². The molecule has 3 rings (SSSR count). The SMILES string of the molecule is CCN(c1ccc(C(=O)Nc2ccc(Cc3ccncc3)cc2)cc1)S(C)(=O)=O. The van der Waals surface area contributed by atoms with E-state index in [4.69, 9.17) is 0 Å². The second kappa shape index (κ2) is 8.87. The van der Waals surface area contributed by atoms with Crippen LogP contribution in [0.4, 0.5) is 11.4 Å². The molecule has 0 spiro atoms. The summed E-state index contributed by atoms with van der Waals surface area (Å²) in [5.74, 6) is -0.249. The molecule has 0 radical (unpaired) electrons. The van der Waals surface area contributed by atoms with Crippen LogP contribution in [0, 0.1) is 0 Å². The Kier molecular flexibility index (Phi) is 6.29. The Hall–Kier alpha value is -3.19. The maximum Gasteiger partial charge on any atom is 0.255 e. The molecule has 29 heavy (non-hydrogen) atoms. The van der Waals surface area contributed by atoms with Gasteiger partial charge in [-0.05, 0) is 73.0 Å². The minimum atomic E-state index is -3.35. The summed E-state index contributed by atoms with van der Waals surface area (Å²) in [7, 11) is -3.35. The third-order valence-corrected chi connectivity index (χ3v) is 5.74. The number of anilines is 2. The summed E-state index contributed by atoms with van der Waals surface area (Å²) >= 11 is 0. The molecule has 0 fully saturated rings. The van der Waals surface area contributed by atoms with Crippen LogP contribution in [-0.2, 0) is 16.4 Å². The van der Waals surface area contributed by atoms with Crippen molar-refractivity contribution in [3.8, 4) is 0 Å². The van der Waals surface area contributed by atoms with E-state index in [0.717, 1.165) is 18.2 Å². The van der Waals surface area contributed by atoms with E-state index >= 15 is 0 Å². The second-order valence-electron chi connectivity index (χ2n) is 6.66. The Balaban J connectivity index is 1.65. The maximum absolute atomic E-state index is 12.5. The van der Waals surface area contributed by atoms with E-state index in [0.29, 0.717) is 23.5 Å². The molecule has 3 aromatic rings. The fraction of sp³-hybridized carbons (Fsp3) is 0.182. The van der Waals surface area contributed by atoms with Crippen LogP contribution in [-0.4, -0.2) is 32.1 Å². The van der Waals surface area contributed by atoms with Gasteiger partial charge in [0.15, 0.2) is 0 Å². The lowest BCUT2D eigenvalue weighted by molar-refractivity contribution is 0.102. The van der Waals surface area contributed by atoms with E-state index in [-0.39, 0.29) is 5.91 Å². The lowest BCUT2D eigenvalue weighted by Crippen LogP contribution is -2.29. The number of hydrogen-bond donors (Lipinski definition) is 1. The second-order valence-corrected chi connectivity index (χ2v) is 8.56. The van der Waals surface area contributed by atoms with Gasteiger partial charge in [-0.1, -0.05) is 12.1 Å². The van der Waals surface area contributed by atoms with Crippen LogP contribution in [0.2, 0.25) is 0 Å². The first-order chi connectivity index (χ1) is 13.9. The van der Waals surface area contributed by atoms with Gasteiger partial charge in [0, 0.05) is 30.2 Å². The minimum absolute atomic E-state index is 0.249. The predicted octanol–water partition coefficient (Wildman–Crippen LogP) is 3.71. The third-order valence-electron chi connectivity index (χ3n) is 4.47. The zero-order chi connectivity index (χ0) is 20.9. The molecule has 0 atom stereocenters. The zero-order valence-corrected chi connectivity index (χ0v) is 17.2. The Morgan fingerprint density at radius 1 is 0.931 bits per heavy atom. The largest absolute Gasteiger partial charge is 0.322 e. The molecule has 0 aliphatic heterocycles. The van der Waals surface area contributed by atoms with E-state index in [1.54, 1.807) is 43.6 Å². The fourth-order valence-electron chi connectivity index (χ4n) is 3.03. The maximum atomic E-state index is 12.5. The number of hydrogen-bond acceptors (Lipinski definition) is 4. The molecule has 1 amide bonds. The van der Waals surface area contributed by atoms with E-state index in [1.165, 1.54) is 9.87 Å². The van der Waals surface area contributed by atoms with Crippen LogP contribution in [0.5, 0.6) is 0 Å². The van der Waals surface area contributed by atoms with Crippen molar-refractivity contribution in [2.24, 2.45) is 0 Å². The van der Waals surface area contributed by atoms with Crippen molar-refractivity contribution in [3.05, 3.63) is 89.7 Å². The highest BCUT2D eigenvalue weighted by atomic mass is 32.2. The van der Waals surface area contributed by atoms with Gasteiger partial charge in [0.1, 0.15) is 0 Å². The van der Waals surface area contributed by atoms with E-state index < -0.39 is 10.0 Å². The average molecular weight is 410 g/mol. The number of aromatic nitrogens is 1. The number of benzene rings is 2. The summed E-state index contributed by atoms with van der Waals surface area (Å²) < 4.78 is 24.9. The summed E-state index contributed by atoms with van der Waals surface area (Å²) in [6, 6.07) is 18.2. The quantitative estimate of drug-likeness (QED) is 0.645. The first kappa shape index (κ1) is 20.5. The molecule has 150 valence electrons. The lowest BCUT2D eigenvalue weighted by Gasteiger charge is -2.20. The molecule has 1 heterocycles. The molecule has 7 heteroatoms. The van der Waals surface area contributed by atoms with Crippen molar-refractivity contribution >= 4 is 27.3 Å². The van der Waals surface area contributed by atoms with Gasteiger partial charge in [-0.25, -0.2) is 8.42 Å². The number of carbonyl (C=O) groups excluding carboxylic acids is 1. The molecule has 0 saturated carbocycles. The predicted molar refractivity (Wildman–Crippen MR) is 116 cm³/mol. The summed E-state index contributed by atoms with van der Waals surface area (Å²) in [6.45, 7) is 2.09. The van der Waals surface area contributed by atoms with E-state index in [9.17, 15) is 13.2 Å². The summed E-state index contributed by atoms with van der Waals surface area (Å²) in [5.41, 5.74) is 4.00. The van der Waals surface area contributed by atoms with Gasteiger partial charge in [-0.15, -0.1) is 0 Å². The molecular formula is C22H23N3O3S. The third kappa shape index (κ3) is 5.42. The van der Waals surface area contributed by atoms with Crippen LogP contribution in [0.15, 0.2) is 73.1 Å². The molecule has 0 unspecified atom stereocenters. The van der Waals surface area contributed by atoms with Crippen LogP contribution < -0.4 is 9.62 Å². The van der Waals surface area contributed by atoms with Crippen LogP contribution in [0.3, 0.4) is 0 Å². The normalized spacial score (nSPS) is 11.1.